The number of carbonyl (C=O) groups is 1. The van der Waals surface area contributed by atoms with E-state index in [1.807, 2.05) is 0 Å². The molecule has 1 amide bonds. The predicted octanol–water partition coefficient (Wildman–Crippen LogP) is 3.05. The Kier molecular flexibility index (Phi) is 5.31. The van der Waals surface area contributed by atoms with Gasteiger partial charge in [-0.2, -0.15) is 0 Å². The monoisotopic (exact) mass is 342 g/mol. The van der Waals surface area contributed by atoms with Gasteiger partial charge < -0.3 is 9.88 Å². The first-order chi connectivity index (χ1) is 12.1. The van der Waals surface area contributed by atoms with E-state index >= 15 is 0 Å². The number of amides is 1. The Hall–Kier alpha value is -2.43. The lowest BCUT2D eigenvalue weighted by Crippen LogP contribution is -2.34. The summed E-state index contributed by atoms with van der Waals surface area (Å²) in [5.41, 5.74) is 2.86. The van der Waals surface area contributed by atoms with E-state index in [-0.39, 0.29) is 22.8 Å². The summed E-state index contributed by atoms with van der Waals surface area (Å²) in [4.78, 5) is 25.1. The summed E-state index contributed by atoms with van der Waals surface area (Å²) in [6.45, 7) is 0.353. The molecule has 0 saturated heterocycles. The first kappa shape index (κ1) is 17.4. The van der Waals surface area contributed by atoms with Gasteiger partial charge in [-0.25, -0.2) is 4.39 Å². The van der Waals surface area contributed by atoms with Gasteiger partial charge in [0.15, 0.2) is 0 Å². The molecule has 3 rings (SSSR count). The number of carbonyl (C=O) groups excluding carboxylic acids is 1. The largest absolute Gasteiger partial charge is 0.355 e. The first-order valence-electron chi connectivity index (χ1n) is 8.82. The van der Waals surface area contributed by atoms with Gasteiger partial charge in [-0.15, -0.1) is 0 Å². The minimum Gasteiger partial charge on any atom is -0.355 e. The van der Waals surface area contributed by atoms with E-state index in [0.717, 1.165) is 48.9 Å². The zero-order chi connectivity index (χ0) is 17.8. The summed E-state index contributed by atoms with van der Waals surface area (Å²) >= 11 is 0. The number of aryl methyl sites for hydroxylation is 1. The maximum atomic E-state index is 13.2. The van der Waals surface area contributed by atoms with Crippen LogP contribution in [0.25, 0.3) is 0 Å². The summed E-state index contributed by atoms with van der Waals surface area (Å²) in [7, 11) is 1.53. The summed E-state index contributed by atoms with van der Waals surface area (Å²) in [6.07, 6.45) is 6.14. The number of nitrogens with one attached hydrogen (secondary N) is 1. The van der Waals surface area contributed by atoms with Crippen LogP contribution in [0.2, 0.25) is 0 Å². The standard InChI is InChI=1S/C20H23FN2O2/c1-22-19(24)17-12-15-6-4-2-3-5-7-18(15)23(20(17)25)13-14-8-10-16(21)11-9-14/h8-12H,2-7,13H2,1H3,(H,22,24). The number of nitrogens with zero attached hydrogens (tertiary/aromatic N) is 1. The van der Waals surface area contributed by atoms with Crippen LogP contribution in [-0.4, -0.2) is 17.5 Å². The fourth-order valence-electron chi connectivity index (χ4n) is 3.47. The van der Waals surface area contributed by atoms with Crippen LogP contribution < -0.4 is 10.9 Å². The van der Waals surface area contributed by atoms with Crippen LogP contribution in [0.4, 0.5) is 4.39 Å². The zero-order valence-electron chi connectivity index (χ0n) is 14.5. The normalized spacial score (nSPS) is 14.3. The molecule has 0 spiro atoms. The van der Waals surface area contributed by atoms with Crippen molar-refractivity contribution in [3.05, 3.63) is 68.9 Å². The van der Waals surface area contributed by atoms with Crippen molar-refractivity contribution in [1.29, 1.82) is 0 Å². The highest BCUT2D eigenvalue weighted by Gasteiger charge is 2.19. The Labute approximate surface area is 146 Å². The van der Waals surface area contributed by atoms with Crippen molar-refractivity contribution in [2.75, 3.05) is 7.05 Å². The molecule has 2 aromatic rings. The molecule has 1 N–H and O–H groups in total. The van der Waals surface area contributed by atoms with Gasteiger partial charge in [0.05, 0.1) is 6.54 Å². The average Bonchev–Trinajstić information content (AvgIpc) is 2.59. The van der Waals surface area contributed by atoms with E-state index in [9.17, 15) is 14.0 Å². The maximum Gasteiger partial charge on any atom is 0.263 e. The molecule has 132 valence electrons. The Balaban J connectivity index is 2.12. The van der Waals surface area contributed by atoms with Crippen LogP contribution in [0.15, 0.2) is 35.1 Å². The number of halogens is 1. The Bertz CT molecular complexity index is 825. The minimum absolute atomic E-state index is 0.184. The van der Waals surface area contributed by atoms with Gasteiger partial charge in [0.1, 0.15) is 11.4 Å². The highest BCUT2D eigenvalue weighted by Crippen LogP contribution is 2.21. The van der Waals surface area contributed by atoms with Crippen molar-refractivity contribution in [2.45, 2.75) is 45.1 Å². The van der Waals surface area contributed by atoms with E-state index in [4.69, 9.17) is 0 Å². The van der Waals surface area contributed by atoms with Crippen molar-refractivity contribution in [3.8, 4) is 0 Å². The Morgan fingerprint density at radius 1 is 1.12 bits per heavy atom. The summed E-state index contributed by atoms with van der Waals surface area (Å²) in [5.74, 6) is -0.659. The van der Waals surface area contributed by atoms with Crippen molar-refractivity contribution in [2.24, 2.45) is 0 Å². The molecule has 5 heteroatoms. The number of hydrogen-bond acceptors (Lipinski definition) is 2. The maximum absolute atomic E-state index is 13.2. The number of hydrogen-bond donors (Lipinski definition) is 1. The van der Waals surface area contributed by atoms with Gasteiger partial charge >= 0.3 is 0 Å². The van der Waals surface area contributed by atoms with Crippen LogP contribution in [0, 0.1) is 5.82 Å². The number of benzene rings is 1. The van der Waals surface area contributed by atoms with Crippen LogP contribution in [0.3, 0.4) is 0 Å². The molecule has 1 aliphatic rings. The smallest absolute Gasteiger partial charge is 0.263 e. The van der Waals surface area contributed by atoms with Gasteiger partial charge in [-0.3, -0.25) is 9.59 Å². The van der Waals surface area contributed by atoms with Gasteiger partial charge in [-0.1, -0.05) is 25.0 Å². The van der Waals surface area contributed by atoms with Gasteiger partial charge in [0, 0.05) is 12.7 Å². The fraction of sp³-hybridized carbons (Fsp3) is 0.400. The molecule has 1 aliphatic carbocycles. The molecule has 0 aliphatic heterocycles. The molecular weight excluding hydrogens is 319 g/mol. The molecule has 0 saturated carbocycles. The molecule has 0 bridgehead atoms. The molecule has 1 heterocycles. The average molecular weight is 342 g/mol. The molecule has 25 heavy (non-hydrogen) atoms. The molecule has 0 fully saturated rings. The number of fused-ring (bicyclic) bond motifs is 1. The van der Waals surface area contributed by atoms with Gasteiger partial charge in [0.25, 0.3) is 11.5 Å². The van der Waals surface area contributed by atoms with Crippen molar-refractivity contribution >= 4 is 5.91 Å². The van der Waals surface area contributed by atoms with Gasteiger partial charge in [0.2, 0.25) is 0 Å². The highest BCUT2D eigenvalue weighted by molar-refractivity contribution is 5.93. The highest BCUT2D eigenvalue weighted by atomic mass is 19.1. The third kappa shape index (κ3) is 3.81. The summed E-state index contributed by atoms with van der Waals surface area (Å²) < 4.78 is 14.9. The molecular formula is C20H23FN2O2. The lowest BCUT2D eigenvalue weighted by atomic mass is 9.95. The Morgan fingerprint density at radius 2 is 1.80 bits per heavy atom. The second-order valence-electron chi connectivity index (χ2n) is 6.54. The van der Waals surface area contributed by atoms with Gasteiger partial charge in [-0.05, 0) is 55.0 Å². The molecule has 1 aromatic heterocycles. The van der Waals surface area contributed by atoms with E-state index < -0.39 is 0 Å². The van der Waals surface area contributed by atoms with E-state index in [2.05, 4.69) is 5.32 Å². The Morgan fingerprint density at radius 3 is 2.48 bits per heavy atom. The molecule has 0 atom stereocenters. The number of pyridine rings is 1. The lowest BCUT2D eigenvalue weighted by molar-refractivity contribution is 0.0961. The summed E-state index contributed by atoms with van der Waals surface area (Å²) in [6, 6.07) is 7.93. The third-order valence-electron chi connectivity index (χ3n) is 4.83. The molecule has 1 aromatic carbocycles. The van der Waals surface area contributed by atoms with Crippen LogP contribution in [0.5, 0.6) is 0 Å². The van der Waals surface area contributed by atoms with Crippen LogP contribution in [0.1, 0.15) is 52.9 Å². The topological polar surface area (TPSA) is 51.1 Å². The van der Waals surface area contributed by atoms with Crippen LogP contribution in [-0.2, 0) is 19.4 Å². The van der Waals surface area contributed by atoms with Crippen molar-refractivity contribution in [3.63, 3.8) is 0 Å². The zero-order valence-corrected chi connectivity index (χ0v) is 14.5. The van der Waals surface area contributed by atoms with Crippen LogP contribution >= 0.6 is 0 Å². The minimum atomic E-state index is -0.359. The van der Waals surface area contributed by atoms with E-state index in [0.29, 0.717) is 6.54 Å². The number of rotatable bonds is 3. The molecule has 0 radical (unpaired) electrons. The predicted molar refractivity (Wildman–Crippen MR) is 95.5 cm³/mol. The molecule has 4 nitrogen and oxygen atoms in total. The first-order valence-corrected chi connectivity index (χ1v) is 8.82. The SMILES string of the molecule is CNC(=O)c1cc2c(n(Cc3ccc(F)cc3)c1=O)CCCCCC2. The van der Waals surface area contributed by atoms with Crippen molar-refractivity contribution < 1.29 is 9.18 Å². The second kappa shape index (κ2) is 7.64. The lowest BCUT2D eigenvalue weighted by Gasteiger charge is -2.21. The number of aromatic nitrogens is 1. The summed E-state index contributed by atoms with van der Waals surface area (Å²) in [5, 5.41) is 2.55. The third-order valence-corrected chi connectivity index (χ3v) is 4.83. The van der Waals surface area contributed by atoms with E-state index in [1.165, 1.54) is 25.6 Å². The fourth-order valence-corrected chi connectivity index (χ4v) is 3.47. The van der Waals surface area contributed by atoms with Crippen molar-refractivity contribution in [1.82, 2.24) is 9.88 Å². The molecule has 0 unspecified atom stereocenters. The quantitative estimate of drug-likeness (QED) is 0.932. The van der Waals surface area contributed by atoms with E-state index in [1.54, 1.807) is 22.8 Å². The second-order valence-corrected chi connectivity index (χ2v) is 6.54.